The van der Waals surface area contributed by atoms with Gasteiger partial charge in [-0.1, -0.05) is 23.7 Å². The maximum atomic E-state index is 8.77. The molecule has 1 atom stereocenters. The van der Waals surface area contributed by atoms with Crippen molar-refractivity contribution in [3.63, 3.8) is 0 Å². The van der Waals surface area contributed by atoms with E-state index in [1.165, 1.54) is 12.8 Å². The minimum atomic E-state index is 0.0765. The molecule has 19 heavy (non-hydrogen) atoms. The number of likely N-dealkylation sites (N-methyl/N-ethyl adjacent to an activating group) is 1. The summed E-state index contributed by atoms with van der Waals surface area (Å²) < 4.78 is 5.86. The molecule has 0 spiro atoms. The number of rotatable bonds is 4. The Kier molecular flexibility index (Phi) is 4.63. The molecule has 1 fully saturated rings. The Bertz CT molecular complexity index is 448. The highest BCUT2D eigenvalue weighted by Gasteiger charge is 2.20. The van der Waals surface area contributed by atoms with E-state index >= 15 is 0 Å². The summed E-state index contributed by atoms with van der Waals surface area (Å²) in [7, 11) is 2.13. The fourth-order valence-electron chi connectivity index (χ4n) is 2.40. The van der Waals surface area contributed by atoms with Crippen molar-refractivity contribution in [2.24, 2.45) is 10.9 Å². The molecule has 1 saturated heterocycles. The van der Waals surface area contributed by atoms with Crippen molar-refractivity contribution in [3.8, 4) is 5.75 Å². The van der Waals surface area contributed by atoms with Crippen LogP contribution in [0.2, 0.25) is 0 Å². The van der Waals surface area contributed by atoms with Crippen molar-refractivity contribution in [3.05, 3.63) is 29.8 Å². The predicted octanol–water partition coefficient (Wildman–Crippen LogP) is 1.64. The lowest BCUT2D eigenvalue weighted by Crippen LogP contribution is -2.40. The van der Waals surface area contributed by atoms with E-state index in [2.05, 4.69) is 17.1 Å². The minimum Gasteiger partial charge on any atom is -0.491 e. The van der Waals surface area contributed by atoms with Crippen LogP contribution < -0.4 is 10.5 Å². The SMILES string of the molecule is CN1CCCCC1COc1ccccc1C(N)=NO. The average Bonchev–Trinajstić information content (AvgIpc) is 2.46. The molecule has 5 heteroatoms. The lowest BCUT2D eigenvalue weighted by Gasteiger charge is -2.32. The zero-order valence-corrected chi connectivity index (χ0v) is 11.2. The zero-order chi connectivity index (χ0) is 13.7. The second kappa shape index (κ2) is 6.43. The van der Waals surface area contributed by atoms with Crippen LogP contribution >= 0.6 is 0 Å². The number of hydrogen-bond donors (Lipinski definition) is 2. The van der Waals surface area contributed by atoms with Crippen molar-refractivity contribution < 1.29 is 9.94 Å². The van der Waals surface area contributed by atoms with Gasteiger partial charge >= 0.3 is 0 Å². The van der Waals surface area contributed by atoms with Crippen LogP contribution in [-0.4, -0.2) is 42.2 Å². The van der Waals surface area contributed by atoms with Gasteiger partial charge in [0.05, 0.1) is 5.56 Å². The second-order valence-electron chi connectivity index (χ2n) is 4.92. The van der Waals surface area contributed by atoms with Gasteiger partial charge in [-0.3, -0.25) is 0 Å². The monoisotopic (exact) mass is 263 g/mol. The van der Waals surface area contributed by atoms with Crippen LogP contribution in [0.5, 0.6) is 5.75 Å². The number of piperidine rings is 1. The van der Waals surface area contributed by atoms with Crippen LogP contribution in [0.15, 0.2) is 29.4 Å². The smallest absolute Gasteiger partial charge is 0.173 e. The molecule has 1 aromatic carbocycles. The number of hydrogen-bond acceptors (Lipinski definition) is 4. The molecule has 104 valence electrons. The highest BCUT2D eigenvalue weighted by Crippen LogP contribution is 2.20. The van der Waals surface area contributed by atoms with Crippen molar-refractivity contribution in [2.45, 2.75) is 25.3 Å². The number of likely N-dealkylation sites (tertiary alicyclic amines) is 1. The third-order valence-electron chi connectivity index (χ3n) is 3.62. The molecular weight excluding hydrogens is 242 g/mol. The normalized spacial score (nSPS) is 21.3. The summed E-state index contributed by atoms with van der Waals surface area (Å²) in [6.07, 6.45) is 3.66. The second-order valence-corrected chi connectivity index (χ2v) is 4.92. The van der Waals surface area contributed by atoms with E-state index in [1.807, 2.05) is 18.2 Å². The van der Waals surface area contributed by atoms with Crippen molar-refractivity contribution in [1.82, 2.24) is 4.90 Å². The van der Waals surface area contributed by atoms with E-state index in [-0.39, 0.29) is 5.84 Å². The fraction of sp³-hybridized carbons (Fsp3) is 0.500. The van der Waals surface area contributed by atoms with Crippen LogP contribution in [0.25, 0.3) is 0 Å². The van der Waals surface area contributed by atoms with Crippen molar-refractivity contribution in [2.75, 3.05) is 20.2 Å². The largest absolute Gasteiger partial charge is 0.491 e. The molecule has 0 amide bonds. The summed E-state index contributed by atoms with van der Waals surface area (Å²) in [4.78, 5) is 2.33. The number of benzene rings is 1. The maximum absolute atomic E-state index is 8.77. The maximum Gasteiger partial charge on any atom is 0.173 e. The van der Waals surface area contributed by atoms with Gasteiger partial charge < -0.3 is 20.6 Å². The van der Waals surface area contributed by atoms with Crippen LogP contribution in [0.1, 0.15) is 24.8 Å². The lowest BCUT2D eigenvalue weighted by atomic mass is 10.0. The molecule has 0 aliphatic carbocycles. The van der Waals surface area contributed by atoms with Crippen LogP contribution in [0, 0.1) is 0 Å². The van der Waals surface area contributed by atoms with E-state index < -0.39 is 0 Å². The first kappa shape index (κ1) is 13.7. The molecule has 3 N–H and O–H groups in total. The van der Waals surface area contributed by atoms with Crippen LogP contribution in [0.4, 0.5) is 0 Å². The van der Waals surface area contributed by atoms with Crippen molar-refractivity contribution in [1.29, 1.82) is 0 Å². The molecule has 0 bridgehead atoms. The first-order valence-corrected chi connectivity index (χ1v) is 6.62. The van der Waals surface area contributed by atoms with E-state index in [0.29, 0.717) is 24.0 Å². The van der Waals surface area contributed by atoms with E-state index in [9.17, 15) is 0 Å². The number of nitrogens with zero attached hydrogens (tertiary/aromatic N) is 2. The summed E-state index contributed by atoms with van der Waals surface area (Å²) in [5.74, 6) is 0.740. The quantitative estimate of drug-likeness (QED) is 0.375. The predicted molar refractivity (Wildman–Crippen MR) is 74.7 cm³/mol. The van der Waals surface area contributed by atoms with E-state index in [0.717, 1.165) is 13.0 Å². The molecule has 1 aliphatic heterocycles. The van der Waals surface area contributed by atoms with Gasteiger partial charge in [0.25, 0.3) is 0 Å². The minimum absolute atomic E-state index is 0.0765. The van der Waals surface area contributed by atoms with Gasteiger partial charge in [-0.2, -0.15) is 0 Å². The van der Waals surface area contributed by atoms with Gasteiger partial charge in [0, 0.05) is 6.04 Å². The number of nitrogens with two attached hydrogens (primary N) is 1. The Hall–Kier alpha value is -1.75. The summed E-state index contributed by atoms with van der Waals surface area (Å²) in [5.41, 5.74) is 6.27. The molecule has 1 unspecified atom stereocenters. The Balaban J connectivity index is 2.03. The number of oxime groups is 1. The number of amidine groups is 1. The standard InChI is InChI=1S/C14H21N3O2/c1-17-9-5-4-6-11(17)10-19-13-8-3-2-7-12(13)14(15)16-18/h2-3,7-8,11,18H,4-6,9-10H2,1H3,(H2,15,16). The molecule has 5 nitrogen and oxygen atoms in total. The van der Waals surface area contributed by atoms with Crippen molar-refractivity contribution >= 4 is 5.84 Å². The molecule has 1 aliphatic rings. The van der Waals surface area contributed by atoms with E-state index in [4.69, 9.17) is 15.7 Å². The Labute approximate surface area is 113 Å². The van der Waals surface area contributed by atoms with Gasteiger partial charge in [0.15, 0.2) is 5.84 Å². The molecule has 0 aromatic heterocycles. The number of ether oxygens (including phenoxy) is 1. The third kappa shape index (κ3) is 3.38. The summed E-state index contributed by atoms with van der Waals surface area (Å²) in [6, 6.07) is 7.79. The summed E-state index contributed by atoms with van der Waals surface area (Å²) in [5, 5.41) is 11.8. The summed E-state index contributed by atoms with van der Waals surface area (Å²) in [6.45, 7) is 1.75. The molecule has 2 rings (SSSR count). The zero-order valence-electron chi connectivity index (χ0n) is 11.2. The fourth-order valence-corrected chi connectivity index (χ4v) is 2.40. The first-order chi connectivity index (χ1) is 9.22. The molecule has 1 heterocycles. The lowest BCUT2D eigenvalue weighted by molar-refractivity contribution is 0.125. The average molecular weight is 263 g/mol. The van der Waals surface area contributed by atoms with Gasteiger partial charge in [-0.05, 0) is 38.6 Å². The van der Waals surface area contributed by atoms with Crippen LogP contribution in [0.3, 0.4) is 0 Å². The Morgan fingerprint density at radius 2 is 2.26 bits per heavy atom. The molecule has 0 radical (unpaired) electrons. The van der Waals surface area contributed by atoms with Gasteiger partial charge in [0.2, 0.25) is 0 Å². The highest BCUT2D eigenvalue weighted by atomic mass is 16.5. The third-order valence-corrected chi connectivity index (χ3v) is 3.62. The molecule has 1 aromatic rings. The van der Waals surface area contributed by atoms with E-state index in [1.54, 1.807) is 6.07 Å². The van der Waals surface area contributed by atoms with Gasteiger partial charge in [-0.15, -0.1) is 0 Å². The van der Waals surface area contributed by atoms with Gasteiger partial charge in [0.1, 0.15) is 12.4 Å². The molecule has 0 saturated carbocycles. The molecular formula is C14H21N3O2. The topological polar surface area (TPSA) is 71.1 Å². The first-order valence-electron chi connectivity index (χ1n) is 6.62. The Morgan fingerprint density at radius 3 is 3.00 bits per heavy atom. The summed E-state index contributed by atoms with van der Waals surface area (Å²) >= 11 is 0. The van der Waals surface area contributed by atoms with Crippen LogP contribution in [-0.2, 0) is 0 Å². The Morgan fingerprint density at radius 1 is 1.47 bits per heavy atom. The number of para-hydroxylation sites is 1. The van der Waals surface area contributed by atoms with Gasteiger partial charge in [-0.25, -0.2) is 0 Å². The highest BCUT2D eigenvalue weighted by molar-refractivity contribution is 5.99.